The fourth-order valence-electron chi connectivity index (χ4n) is 3.25. The molecule has 2 aromatic carbocycles. The Labute approximate surface area is 170 Å². The summed E-state index contributed by atoms with van der Waals surface area (Å²) in [5.74, 6) is 0.392. The molecule has 0 aromatic heterocycles. The highest BCUT2D eigenvalue weighted by molar-refractivity contribution is 6.33. The number of ether oxygens (including phenoxy) is 1. The van der Waals surface area contributed by atoms with Crippen molar-refractivity contribution in [3.8, 4) is 5.75 Å². The number of fused-ring (bicyclic) bond motifs is 1. The van der Waals surface area contributed by atoms with Crippen molar-refractivity contribution in [2.24, 2.45) is 5.10 Å². The van der Waals surface area contributed by atoms with E-state index in [-0.39, 0.29) is 11.4 Å². The molecule has 2 aromatic rings. The van der Waals surface area contributed by atoms with E-state index in [0.29, 0.717) is 16.3 Å². The first kappa shape index (κ1) is 20.0. The number of carbonyl (C=O) groups excluding carboxylic acids is 1. The van der Waals surface area contributed by atoms with Gasteiger partial charge in [0, 0.05) is 29.4 Å². The third-order valence-corrected chi connectivity index (χ3v) is 5.38. The van der Waals surface area contributed by atoms with Crippen LogP contribution in [0.5, 0.6) is 5.75 Å². The van der Waals surface area contributed by atoms with Crippen molar-refractivity contribution >= 4 is 35.0 Å². The van der Waals surface area contributed by atoms with E-state index in [1.807, 2.05) is 12.1 Å². The smallest absolute Gasteiger partial charge is 0.271 e. The fourth-order valence-corrected chi connectivity index (χ4v) is 3.46. The molecule has 146 valence electrons. The summed E-state index contributed by atoms with van der Waals surface area (Å²) < 4.78 is 5.09. The van der Waals surface area contributed by atoms with Gasteiger partial charge in [-0.15, -0.1) is 0 Å². The molecule has 6 heteroatoms. The van der Waals surface area contributed by atoms with Crippen molar-refractivity contribution in [1.29, 1.82) is 0 Å². The predicted octanol–water partition coefficient (Wildman–Crippen LogP) is 4.74. The average molecular weight is 398 g/mol. The minimum absolute atomic E-state index is 0.0810. The van der Waals surface area contributed by atoms with Crippen LogP contribution in [0.2, 0.25) is 5.02 Å². The lowest BCUT2D eigenvalue weighted by atomic mass is 9.88. The number of benzene rings is 2. The maximum absolute atomic E-state index is 12.2. The van der Waals surface area contributed by atoms with E-state index in [0.717, 1.165) is 16.8 Å². The molecular weight excluding hydrogens is 374 g/mol. The number of allylic oxidation sites excluding steroid dienone is 1. The minimum Gasteiger partial charge on any atom is -0.497 e. The summed E-state index contributed by atoms with van der Waals surface area (Å²) in [6.45, 7) is 6.42. The summed E-state index contributed by atoms with van der Waals surface area (Å²) in [7, 11) is 3.64. The van der Waals surface area contributed by atoms with E-state index in [9.17, 15) is 4.79 Å². The van der Waals surface area contributed by atoms with Crippen LogP contribution in [0, 0.1) is 0 Å². The molecule has 1 heterocycles. The summed E-state index contributed by atoms with van der Waals surface area (Å²) in [4.78, 5) is 14.4. The molecule has 1 N–H and O–H groups in total. The number of likely N-dealkylation sites (N-methyl/N-ethyl adjacent to an activating group) is 1. The molecule has 1 amide bonds. The molecule has 1 aliphatic heterocycles. The zero-order valence-corrected chi connectivity index (χ0v) is 17.5. The van der Waals surface area contributed by atoms with Gasteiger partial charge in [-0.2, -0.15) is 5.10 Å². The average Bonchev–Trinajstić information content (AvgIpc) is 2.66. The number of hydrogen-bond donors (Lipinski definition) is 1. The maximum Gasteiger partial charge on any atom is 0.271 e. The second kappa shape index (κ2) is 7.68. The number of rotatable bonds is 4. The normalized spacial score (nSPS) is 15.2. The van der Waals surface area contributed by atoms with Crippen LogP contribution >= 0.6 is 11.6 Å². The Kier molecular flexibility index (Phi) is 5.47. The number of nitrogens with zero attached hydrogens (tertiary/aromatic N) is 2. The molecule has 0 atom stereocenters. The maximum atomic E-state index is 12.2. The Bertz CT molecular complexity index is 962. The van der Waals surface area contributed by atoms with Crippen molar-refractivity contribution in [3.63, 3.8) is 0 Å². The lowest BCUT2D eigenvalue weighted by Gasteiger charge is -2.40. The second-order valence-corrected chi connectivity index (χ2v) is 7.77. The molecule has 0 aliphatic carbocycles. The molecule has 28 heavy (non-hydrogen) atoms. The van der Waals surface area contributed by atoms with Gasteiger partial charge < -0.3 is 9.64 Å². The van der Waals surface area contributed by atoms with Gasteiger partial charge in [0.2, 0.25) is 0 Å². The highest BCUT2D eigenvalue weighted by Crippen LogP contribution is 2.40. The van der Waals surface area contributed by atoms with Crippen LogP contribution in [-0.2, 0) is 0 Å². The summed E-state index contributed by atoms with van der Waals surface area (Å²) in [5, 5.41) is 4.65. The highest BCUT2D eigenvalue weighted by Gasteiger charge is 2.29. The van der Waals surface area contributed by atoms with E-state index >= 15 is 0 Å². The van der Waals surface area contributed by atoms with E-state index in [1.54, 1.807) is 37.6 Å². The van der Waals surface area contributed by atoms with E-state index in [2.05, 4.69) is 49.3 Å². The molecule has 0 radical (unpaired) electrons. The first-order chi connectivity index (χ1) is 13.2. The summed E-state index contributed by atoms with van der Waals surface area (Å²) in [6, 6.07) is 10.8. The van der Waals surface area contributed by atoms with E-state index in [1.165, 1.54) is 5.57 Å². The molecule has 0 bridgehead atoms. The van der Waals surface area contributed by atoms with Crippen molar-refractivity contribution in [3.05, 3.63) is 64.2 Å². The van der Waals surface area contributed by atoms with Crippen molar-refractivity contribution in [1.82, 2.24) is 5.43 Å². The van der Waals surface area contributed by atoms with E-state index in [4.69, 9.17) is 16.3 Å². The van der Waals surface area contributed by atoms with Gasteiger partial charge in [-0.1, -0.05) is 17.7 Å². The zero-order chi connectivity index (χ0) is 20.5. The Morgan fingerprint density at radius 1 is 1.25 bits per heavy atom. The number of nitrogens with one attached hydrogen (secondary N) is 1. The van der Waals surface area contributed by atoms with Crippen LogP contribution < -0.4 is 15.1 Å². The topological polar surface area (TPSA) is 53.9 Å². The van der Waals surface area contributed by atoms with Gasteiger partial charge in [-0.25, -0.2) is 5.43 Å². The van der Waals surface area contributed by atoms with Crippen LogP contribution in [0.4, 0.5) is 5.69 Å². The van der Waals surface area contributed by atoms with Crippen molar-refractivity contribution < 1.29 is 9.53 Å². The third-order valence-electron chi connectivity index (χ3n) is 5.06. The summed E-state index contributed by atoms with van der Waals surface area (Å²) >= 11 is 6.47. The molecule has 5 nitrogen and oxygen atoms in total. The number of methoxy groups -OCH3 is 1. The lowest BCUT2D eigenvalue weighted by Crippen LogP contribution is -2.42. The number of halogens is 1. The molecule has 1 aliphatic rings. The van der Waals surface area contributed by atoms with Crippen LogP contribution in [0.15, 0.2) is 47.6 Å². The van der Waals surface area contributed by atoms with Crippen molar-refractivity contribution in [2.45, 2.75) is 26.3 Å². The first-order valence-electron chi connectivity index (χ1n) is 8.97. The zero-order valence-electron chi connectivity index (χ0n) is 16.7. The quantitative estimate of drug-likeness (QED) is 0.598. The predicted molar refractivity (Wildman–Crippen MR) is 116 cm³/mol. The highest BCUT2D eigenvalue weighted by atomic mass is 35.5. The summed E-state index contributed by atoms with van der Waals surface area (Å²) in [6.07, 6.45) is 3.80. The minimum atomic E-state index is -0.300. The third kappa shape index (κ3) is 3.90. The van der Waals surface area contributed by atoms with Crippen LogP contribution in [0.1, 0.15) is 42.3 Å². The Morgan fingerprint density at radius 2 is 1.93 bits per heavy atom. The van der Waals surface area contributed by atoms with Gasteiger partial charge in [0.1, 0.15) is 5.75 Å². The number of anilines is 1. The van der Waals surface area contributed by atoms with Gasteiger partial charge in [0.05, 0.1) is 23.9 Å². The molecule has 3 rings (SSSR count). The van der Waals surface area contributed by atoms with Gasteiger partial charge >= 0.3 is 0 Å². The van der Waals surface area contributed by atoms with Gasteiger partial charge in [0.25, 0.3) is 5.91 Å². The molecule has 0 unspecified atom stereocenters. The number of carbonyl (C=O) groups is 1. The first-order valence-corrected chi connectivity index (χ1v) is 9.35. The molecule has 0 fully saturated rings. The molecular formula is C22H24ClN3O2. The van der Waals surface area contributed by atoms with Crippen LogP contribution in [-0.4, -0.2) is 31.8 Å². The van der Waals surface area contributed by atoms with Gasteiger partial charge in [0.15, 0.2) is 0 Å². The SMILES string of the molecule is COc1ccc(C(=O)N/N=C\c2cc3c(cc2Cl)N(C)C(C)(C)C=C3C)cc1. The number of hydrogen-bond acceptors (Lipinski definition) is 4. The van der Waals surface area contributed by atoms with Crippen LogP contribution in [0.25, 0.3) is 5.57 Å². The van der Waals surface area contributed by atoms with Crippen LogP contribution in [0.3, 0.4) is 0 Å². The number of hydrazone groups is 1. The Balaban J connectivity index is 1.79. The molecule has 0 spiro atoms. The van der Waals surface area contributed by atoms with Crippen molar-refractivity contribution in [2.75, 3.05) is 19.1 Å². The molecule has 0 saturated carbocycles. The lowest BCUT2D eigenvalue weighted by molar-refractivity contribution is 0.0955. The number of amides is 1. The van der Waals surface area contributed by atoms with Gasteiger partial charge in [-0.3, -0.25) is 4.79 Å². The standard InChI is InChI=1S/C22H24ClN3O2/c1-14-12-22(2,3)26(4)20-11-19(23)16(10-18(14)20)13-24-25-21(27)15-6-8-17(28-5)9-7-15/h6-13H,1-5H3,(H,25,27)/b24-13-. The largest absolute Gasteiger partial charge is 0.497 e. The second-order valence-electron chi connectivity index (χ2n) is 7.36. The monoisotopic (exact) mass is 397 g/mol. The summed E-state index contributed by atoms with van der Waals surface area (Å²) in [5.41, 5.74) is 7.06. The van der Waals surface area contributed by atoms with E-state index < -0.39 is 0 Å². The fraction of sp³-hybridized carbons (Fsp3) is 0.273. The molecule has 0 saturated heterocycles. The Hall–Kier alpha value is -2.79. The van der Waals surface area contributed by atoms with Gasteiger partial charge in [-0.05, 0) is 62.7 Å². The Morgan fingerprint density at radius 3 is 2.57 bits per heavy atom.